The van der Waals surface area contributed by atoms with Gasteiger partial charge in [-0.3, -0.25) is 9.59 Å². The summed E-state index contributed by atoms with van der Waals surface area (Å²) in [4.78, 5) is 30.6. The zero-order valence-electron chi connectivity index (χ0n) is 16.4. The van der Waals surface area contributed by atoms with Gasteiger partial charge in [0, 0.05) is 39.3 Å². The molecule has 2 aromatic carbocycles. The van der Waals surface area contributed by atoms with E-state index in [1.54, 1.807) is 23.2 Å². The van der Waals surface area contributed by atoms with Crippen LogP contribution in [0.3, 0.4) is 0 Å². The molecule has 2 aromatic rings. The molecule has 6 heteroatoms. The molecule has 0 saturated carbocycles. The minimum Gasteiger partial charge on any atom is -0.366 e. The molecule has 1 fully saturated rings. The van der Waals surface area contributed by atoms with Crippen molar-refractivity contribution in [2.24, 2.45) is 0 Å². The molecule has 5 nitrogen and oxygen atoms in total. The first-order valence-corrected chi connectivity index (χ1v) is 9.88. The molecule has 0 aromatic heterocycles. The van der Waals surface area contributed by atoms with Gasteiger partial charge in [-0.15, -0.1) is 0 Å². The van der Waals surface area contributed by atoms with Gasteiger partial charge in [0.05, 0.1) is 18.2 Å². The summed E-state index contributed by atoms with van der Waals surface area (Å²) in [5, 5.41) is 0. The summed E-state index contributed by atoms with van der Waals surface area (Å²) in [6, 6.07) is 14.3. The third-order valence-electron chi connectivity index (χ3n) is 5.66. The molecule has 1 atom stereocenters. The van der Waals surface area contributed by atoms with Crippen LogP contribution in [0.4, 0.5) is 10.1 Å². The standard InChI is InChI=1S/C23H24FN3O2/c1-17(28)27-11-10-18-6-2-3-7-19(18)22(27)16-23(29)26-14-12-25(13-15-26)21-9-5-4-8-20(21)24/h2-11,22H,12-16H2,1H3/t22-/m1/s1. The first kappa shape index (κ1) is 19.2. The number of hydrogen-bond donors (Lipinski definition) is 0. The van der Waals surface area contributed by atoms with Crippen molar-refractivity contribution in [2.45, 2.75) is 19.4 Å². The van der Waals surface area contributed by atoms with Crippen molar-refractivity contribution < 1.29 is 14.0 Å². The van der Waals surface area contributed by atoms with E-state index in [0.717, 1.165) is 11.1 Å². The highest BCUT2D eigenvalue weighted by molar-refractivity contribution is 5.82. The number of rotatable bonds is 3. The zero-order chi connectivity index (χ0) is 20.4. The van der Waals surface area contributed by atoms with Gasteiger partial charge in [0.25, 0.3) is 0 Å². The van der Waals surface area contributed by atoms with E-state index in [0.29, 0.717) is 31.9 Å². The Balaban J connectivity index is 1.45. The number of carbonyl (C=O) groups excluding carboxylic acids is 2. The Kier molecular flexibility index (Phi) is 5.34. The van der Waals surface area contributed by atoms with E-state index >= 15 is 0 Å². The lowest BCUT2D eigenvalue weighted by Gasteiger charge is -2.38. The number of benzene rings is 2. The molecule has 2 aliphatic rings. The van der Waals surface area contributed by atoms with Gasteiger partial charge in [-0.2, -0.15) is 0 Å². The molecule has 0 bridgehead atoms. The molecule has 2 amide bonds. The van der Waals surface area contributed by atoms with Crippen LogP contribution >= 0.6 is 0 Å². The van der Waals surface area contributed by atoms with Crippen LogP contribution in [0.2, 0.25) is 0 Å². The van der Waals surface area contributed by atoms with Crippen LogP contribution < -0.4 is 4.90 Å². The average molecular weight is 393 g/mol. The summed E-state index contributed by atoms with van der Waals surface area (Å²) in [5.74, 6) is -0.313. The average Bonchev–Trinajstić information content (AvgIpc) is 2.74. The van der Waals surface area contributed by atoms with Crippen LogP contribution in [0, 0.1) is 5.82 Å². The van der Waals surface area contributed by atoms with Gasteiger partial charge >= 0.3 is 0 Å². The van der Waals surface area contributed by atoms with Crippen LogP contribution in [0.15, 0.2) is 54.7 Å². The van der Waals surface area contributed by atoms with Gasteiger partial charge in [0.15, 0.2) is 0 Å². The van der Waals surface area contributed by atoms with Crippen LogP contribution in [0.25, 0.3) is 6.08 Å². The summed E-state index contributed by atoms with van der Waals surface area (Å²) in [6.07, 6.45) is 3.91. The van der Waals surface area contributed by atoms with Crippen LogP contribution in [-0.2, 0) is 9.59 Å². The second-order valence-electron chi connectivity index (χ2n) is 7.41. The number of carbonyl (C=O) groups is 2. The lowest BCUT2D eigenvalue weighted by molar-refractivity contribution is -0.134. The maximum Gasteiger partial charge on any atom is 0.225 e. The molecule has 0 unspecified atom stereocenters. The van der Waals surface area contributed by atoms with E-state index < -0.39 is 0 Å². The molecule has 2 aliphatic heterocycles. The Hall–Kier alpha value is -3.15. The molecular weight excluding hydrogens is 369 g/mol. The number of hydrogen-bond acceptors (Lipinski definition) is 3. The van der Waals surface area contributed by atoms with Crippen molar-refractivity contribution in [1.82, 2.24) is 9.80 Å². The fraction of sp³-hybridized carbons (Fsp3) is 0.304. The summed E-state index contributed by atoms with van der Waals surface area (Å²) >= 11 is 0. The number of para-hydroxylation sites is 1. The number of amides is 2. The smallest absolute Gasteiger partial charge is 0.225 e. The Bertz CT molecular complexity index is 951. The molecule has 2 heterocycles. The van der Waals surface area contributed by atoms with E-state index in [-0.39, 0.29) is 30.1 Å². The molecule has 0 spiro atoms. The zero-order valence-corrected chi connectivity index (χ0v) is 16.4. The maximum atomic E-state index is 14.0. The van der Waals surface area contributed by atoms with Crippen molar-refractivity contribution in [3.63, 3.8) is 0 Å². The topological polar surface area (TPSA) is 43.9 Å². The van der Waals surface area contributed by atoms with Crippen molar-refractivity contribution >= 4 is 23.6 Å². The predicted molar refractivity (Wildman–Crippen MR) is 111 cm³/mol. The number of anilines is 1. The highest BCUT2D eigenvalue weighted by Crippen LogP contribution is 2.33. The van der Waals surface area contributed by atoms with Gasteiger partial charge in [-0.1, -0.05) is 36.4 Å². The largest absolute Gasteiger partial charge is 0.366 e. The number of piperazine rings is 1. The second-order valence-corrected chi connectivity index (χ2v) is 7.41. The van der Waals surface area contributed by atoms with E-state index in [2.05, 4.69) is 0 Å². The van der Waals surface area contributed by atoms with E-state index in [1.165, 1.54) is 13.0 Å². The minimum absolute atomic E-state index is 0.0135. The van der Waals surface area contributed by atoms with Crippen LogP contribution in [0.1, 0.15) is 30.5 Å². The molecule has 0 N–H and O–H groups in total. The minimum atomic E-state index is -0.300. The van der Waals surface area contributed by atoms with Crippen LogP contribution in [-0.4, -0.2) is 47.8 Å². The molecule has 4 rings (SSSR count). The first-order valence-electron chi connectivity index (χ1n) is 9.88. The van der Waals surface area contributed by atoms with Gasteiger partial charge in [-0.25, -0.2) is 4.39 Å². The van der Waals surface area contributed by atoms with Crippen molar-refractivity contribution in [2.75, 3.05) is 31.1 Å². The van der Waals surface area contributed by atoms with E-state index in [4.69, 9.17) is 0 Å². The van der Waals surface area contributed by atoms with Gasteiger partial charge < -0.3 is 14.7 Å². The van der Waals surface area contributed by atoms with Crippen molar-refractivity contribution in [1.29, 1.82) is 0 Å². The lowest BCUT2D eigenvalue weighted by atomic mass is 9.93. The SMILES string of the molecule is CC(=O)N1C=Cc2ccccc2[C@H]1CC(=O)N1CCN(c2ccccc2F)CC1. The Morgan fingerprint density at radius 1 is 1.00 bits per heavy atom. The van der Waals surface area contributed by atoms with E-state index in [1.807, 2.05) is 46.2 Å². The molecule has 0 radical (unpaired) electrons. The van der Waals surface area contributed by atoms with Gasteiger partial charge in [0.2, 0.25) is 11.8 Å². The van der Waals surface area contributed by atoms with Gasteiger partial charge in [0.1, 0.15) is 5.82 Å². The molecular formula is C23H24FN3O2. The van der Waals surface area contributed by atoms with Crippen molar-refractivity contribution in [3.05, 3.63) is 71.7 Å². The Labute approximate surface area is 170 Å². The number of halogens is 1. The fourth-order valence-electron chi connectivity index (χ4n) is 4.11. The Morgan fingerprint density at radius 3 is 2.41 bits per heavy atom. The first-order chi connectivity index (χ1) is 14.0. The summed E-state index contributed by atoms with van der Waals surface area (Å²) in [7, 11) is 0. The molecule has 29 heavy (non-hydrogen) atoms. The quantitative estimate of drug-likeness (QED) is 0.802. The molecule has 0 aliphatic carbocycles. The number of nitrogens with zero attached hydrogens (tertiary/aromatic N) is 3. The Morgan fingerprint density at radius 2 is 1.69 bits per heavy atom. The van der Waals surface area contributed by atoms with E-state index in [9.17, 15) is 14.0 Å². The lowest BCUT2D eigenvalue weighted by Crippen LogP contribution is -2.49. The summed E-state index contributed by atoms with van der Waals surface area (Å²) in [5.41, 5.74) is 2.60. The summed E-state index contributed by atoms with van der Waals surface area (Å²) in [6.45, 7) is 3.77. The molecule has 150 valence electrons. The number of fused-ring (bicyclic) bond motifs is 1. The van der Waals surface area contributed by atoms with Crippen molar-refractivity contribution in [3.8, 4) is 0 Å². The third-order valence-corrected chi connectivity index (χ3v) is 5.66. The highest BCUT2D eigenvalue weighted by Gasteiger charge is 2.31. The molecule has 1 saturated heterocycles. The van der Waals surface area contributed by atoms with Crippen LogP contribution in [0.5, 0.6) is 0 Å². The maximum absolute atomic E-state index is 14.0. The highest BCUT2D eigenvalue weighted by atomic mass is 19.1. The summed E-state index contributed by atoms with van der Waals surface area (Å²) < 4.78 is 14.0. The predicted octanol–water partition coefficient (Wildman–Crippen LogP) is 3.44. The monoisotopic (exact) mass is 393 g/mol. The fourth-order valence-corrected chi connectivity index (χ4v) is 4.11. The normalized spacial score (nSPS) is 18.6. The van der Waals surface area contributed by atoms with Gasteiger partial charge in [-0.05, 0) is 29.3 Å². The second kappa shape index (κ2) is 8.07. The third kappa shape index (κ3) is 3.88.